The average Bonchev–Trinajstić information content (AvgIpc) is 3.47. The first kappa shape index (κ1) is 19.4. The van der Waals surface area contributed by atoms with Gasteiger partial charge in [-0.3, -0.25) is 4.79 Å². The second-order valence-electron chi connectivity index (χ2n) is 8.90. The summed E-state index contributed by atoms with van der Waals surface area (Å²) in [6.07, 6.45) is 9.29. The number of benzene rings is 1. The molecule has 2 fully saturated rings. The second-order valence-corrected chi connectivity index (χ2v) is 8.90. The van der Waals surface area contributed by atoms with Crippen molar-refractivity contribution in [3.05, 3.63) is 51.6 Å². The van der Waals surface area contributed by atoms with E-state index in [1.165, 1.54) is 42.6 Å². The van der Waals surface area contributed by atoms with Gasteiger partial charge >= 0.3 is 0 Å². The summed E-state index contributed by atoms with van der Waals surface area (Å²) < 4.78 is 2.03. The minimum atomic E-state index is -0.126. The Morgan fingerprint density at radius 1 is 1.13 bits per heavy atom. The van der Waals surface area contributed by atoms with Crippen LogP contribution in [0.15, 0.2) is 29.1 Å². The van der Waals surface area contributed by atoms with Gasteiger partial charge in [-0.1, -0.05) is 25.8 Å². The molecule has 0 unspecified atom stereocenters. The van der Waals surface area contributed by atoms with E-state index in [0.29, 0.717) is 6.04 Å². The third kappa shape index (κ3) is 3.55. The Morgan fingerprint density at radius 3 is 2.70 bits per heavy atom. The normalized spacial score (nSPS) is 19.5. The molecule has 7 nitrogen and oxygen atoms in total. The first-order valence-corrected chi connectivity index (χ1v) is 11.5. The molecule has 1 aromatic carbocycles. The first-order chi connectivity index (χ1) is 14.7. The molecule has 1 saturated heterocycles. The van der Waals surface area contributed by atoms with Crippen molar-refractivity contribution < 1.29 is 4.90 Å². The van der Waals surface area contributed by atoms with Crippen LogP contribution in [0.25, 0.3) is 10.9 Å². The van der Waals surface area contributed by atoms with Gasteiger partial charge in [0.25, 0.3) is 5.56 Å². The van der Waals surface area contributed by atoms with E-state index in [9.17, 15) is 4.79 Å². The minimum Gasteiger partial charge on any atom is -0.322 e. The maximum atomic E-state index is 13.3. The highest BCUT2D eigenvalue weighted by atomic mass is 16.1. The summed E-state index contributed by atoms with van der Waals surface area (Å²) >= 11 is 0. The molecule has 0 bridgehead atoms. The van der Waals surface area contributed by atoms with Crippen LogP contribution in [-0.2, 0) is 6.42 Å². The zero-order chi connectivity index (χ0) is 20.5. The van der Waals surface area contributed by atoms with E-state index in [4.69, 9.17) is 0 Å². The molecule has 2 aliphatic rings. The van der Waals surface area contributed by atoms with Crippen molar-refractivity contribution >= 4 is 10.9 Å². The van der Waals surface area contributed by atoms with Crippen molar-refractivity contribution in [2.45, 2.75) is 70.4 Å². The standard InChI is InChI=1S/C23H30N6O/c1-2-16-10-11-20-17(14-16)15-19(23(30)24-20)21(28-12-6-3-7-13-28)22-25-26-27-29(22)18-8-4-5-9-18/h10-11,14-15,18,21H,2-9,12-13H2,1H3,(H,24,30)/p+1/t21-/m1/s1. The van der Waals surface area contributed by atoms with Crippen LogP contribution in [0.1, 0.15) is 80.9 Å². The molecule has 2 aromatic heterocycles. The topological polar surface area (TPSA) is 80.9 Å². The molecule has 158 valence electrons. The van der Waals surface area contributed by atoms with Crippen molar-refractivity contribution in [3.63, 3.8) is 0 Å². The van der Waals surface area contributed by atoms with E-state index in [0.717, 1.165) is 54.6 Å². The Bertz CT molecular complexity index is 1070. The third-order valence-electron chi connectivity index (χ3n) is 7.01. The summed E-state index contributed by atoms with van der Waals surface area (Å²) in [5, 5.41) is 14.0. The number of H-pyrrole nitrogens is 1. The lowest BCUT2D eigenvalue weighted by molar-refractivity contribution is -0.931. The molecule has 2 N–H and O–H groups in total. The van der Waals surface area contributed by atoms with E-state index >= 15 is 0 Å². The Hall–Kier alpha value is -2.54. The number of aryl methyl sites for hydroxylation is 1. The van der Waals surface area contributed by atoms with Gasteiger partial charge in [0.2, 0.25) is 5.82 Å². The third-order valence-corrected chi connectivity index (χ3v) is 7.01. The predicted molar refractivity (Wildman–Crippen MR) is 116 cm³/mol. The van der Waals surface area contributed by atoms with Gasteiger partial charge in [0, 0.05) is 5.52 Å². The van der Waals surface area contributed by atoms with Gasteiger partial charge in [-0.05, 0) is 78.1 Å². The monoisotopic (exact) mass is 407 g/mol. The molecule has 7 heteroatoms. The number of nitrogens with zero attached hydrogens (tertiary/aromatic N) is 4. The van der Waals surface area contributed by atoms with Crippen molar-refractivity contribution in [2.24, 2.45) is 0 Å². The van der Waals surface area contributed by atoms with Gasteiger partial charge in [0.1, 0.15) is 0 Å². The van der Waals surface area contributed by atoms with Crippen LogP contribution in [0.3, 0.4) is 0 Å². The van der Waals surface area contributed by atoms with Gasteiger partial charge in [0.15, 0.2) is 6.04 Å². The minimum absolute atomic E-state index is 0.0178. The van der Waals surface area contributed by atoms with Gasteiger partial charge in [0.05, 0.1) is 24.7 Å². The Balaban J connectivity index is 1.65. The van der Waals surface area contributed by atoms with Gasteiger partial charge in [-0.15, -0.1) is 5.10 Å². The van der Waals surface area contributed by atoms with Gasteiger partial charge < -0.3 is 9.88 Å². The number of tetrazole rings is 1. The second kappa shape index (κ2) is 8.30. The summed E-state index contributed by atoms with van der Waals surface area (Å²) in [5.74, 6) is 0.857. The molecule has 0 amide bonds. The highest BCUT2D eigenvalue weighted by Crippen LogP contribution is 2.31. The van der Waals surface area contributed by atoms with Crippen molar-refractivity contribution in [3.8, 4) is 0 Å². The lowest BCUT2D eigenvalue weighted by Gasteiger charge is -2.31. The van der Waals surface area contributed by atoms with E-state index < -0.39 is 0 Å². The maximum absolute atomic E-state index is 13.3. The molecule has 3 aromatic rings. The smallest absolute Gasteiger partial charge is 0.258 e. The zero-order valence-electron chi connectivity index (χ0n) is 17.7. The molecular formula is C23H31N6O+. The van der Waals surface area contributed by atoms with Crippen LogP contribution in [0, 0.1) is 0 Å². The van der Waals surface area contributed by atoms with Crippen LogP contribution < -0.4 is 10.5 Å². The SMILES string of the molecule is CCc1ccc2[nH]c(=O)c([C@H](c3nnnn3C3CCCC3)[NH+]3CCCCC3)cc2c1. The van der Waals surface area contributed by atoms with E-state index in [1.54, 1.807) is 0 Å². The van der Waals surface area contributed by atoms with E-state index in [2.05, 4.69) is 45.6 Å². The van der Waals surface area contributed by atoms with Crippen molar-refractivity contribution in [2.75, 3.05) is 13.1 Å². The van der Waals surface area contributed by atoms with Crippen LogP contribution in [0.5, 0.6) is 0 Å². The molecule has 1 atom stereocenters. The molecule has 1 saturated carbocycles. The van der Waals surface area contributed by atoms with Crippen LogP contribution in [-0.4, -0.2) is 38.3 Å². The Labute approximate surface area is 176 Å². The number of nitrogens with one attached hydrogen (secondary N) is 2. The Morgan fingerprint density at radius 2 is 1.93 bits per heavy atom. The highest BCUT2D eigenvalue weighted by Gasteiger charge is 2.36. The molecule has 1 aliphatic carbocycles. The number of fused-ring (bicyclic) bond motifs is 1. The molecular weight excluding hydrogens is 376 g/mol. The van der Waals surface area contributed by atoms with Gasteiger partial charge in [-0.25, -0.2) is 4.68 Å². The predicted octanol–water partition coefficient (Wildman–Crippen LogP) is 2.35. The molecule has 3 heterocycles. The fraction of sp³-hybridized carbons (Fsp3) is 0.565. The summed E-state index contributed by atoms with van der Waals surface area (Å²) in [6, 6.07) is 8.62. The summed E-state index contributed by atoms with van der Waals surface area (Å²) in [6.45, 7) is 4.26. The fourth-order valence-corrected chi connectivity index (χ4v) is 5.34. The van der Waals surface area contributed by atoms with Crippen molar-refractivity contribution in [1.82, 2.24) is 25.2 Å². The lowest BCUT2D eigenvalue weighted by Crippen LogP contribution is -3.13. The number of hydrogen-bond acceptors (Lipinski definition) is 4. The van der Waals surface area contributed by atoms with Gasteiger partial charge in [-0.2, -0.15) is 0 Å². The van der Waals surface area contributed by atoms with E-state index in [1.807, 2.05) is 10.7 Å². The summed E-state index contributed by atoms with van der Waals surface area (Å²) in [7, 11) is 0. The fourth-order valence-electron chi connectivity index (χ4n) is 5.34. The Kier molecular flexibility index (Phi) is 5.37. The number of pyridine rings is 1. The summed E-state index contributed by atoms with van der Waals surface area (Å²) in [5.41, 5.74) is 2.94. The quantitative estimate of drug-likeness (QED) is 0.680. The maximum Gasteiger partial charge on any atom is 0.258 e. The average molecular weight is 408 g/mol. The molecule has 0 radical (unpaired) electrons. The number of aromatic nitrogens is 5. The first-order valence-electron chi connectivity index (χ1n) is 11.5. The van der Waals surface area contributed by atoms with E-state index in [-0.39, 0.29) is 11.6 Å². The molecule has 0 spiro atoms. The number of rotatable bonds is 5. The summed E-state index contributed by atoms with van der Waals surface area (Å²) in [4.78, 5) is 17.8. The number of quaternary nitrogens is 1. The number of hydrogen-bond donors (Lipinski definition) is 2. The van der Waals surface area contributed by atoms with Crippen LogP contribution >= 0.6 is 0 Å². The zero-order valence-corrected chi connectivity index (χ0v) is 17.7. The van der Waals surface area contributed by atoms with Crippen LogP contribution in [0.2, 0.25) is 0 Å². The molecule has 1 aliphatic heterocycles. The number of piperidine rings is 1. The number of aromatic amines is 1. The largest absolute Gasteiger partial charge is 0.322 e. The number of likely N-dealkylation sites (tertiary alicyclic amines) is 1. The highest BCUT2D eigenvalue weighted by molar-refractivity contribution is 5.79. The van der Waals surface area contributed by atoms with Crippen molar-refractivity contribution in [1.29, 1.82) is 0 Å². The molecule has 30 heavy (non-hydrogen) atoms. The van der Waals surface area contributed by atoms with Crippen LogP contribution in [0.4, 0.5) is 0 Å². The molecule has 5 rings (SSSR count). The lowest BCUT2D eigenvalue weighted by atomic mass is 9.99.